The molecule has 0 aliphatic rings. The lowest BCUT2D eigenvalue weighted by Gasteiger charge is -2.09. The number of nitro groups is 2. The Hall–Kier alpha value is -4.52. The van der Waals surface area contributed by atoms with Gasteiger partial charge in [-0.1, -0.05) is 72.8 Å². The Balaban J connectivity index is 1.36. The van der Waals surface area contributed by atoms with Crippen LogP contribution in [-0.4, -0.2) is 22.9 Å². The lowest BCUT2D eigenvalue weighted by molar-refractivity contribution is -0.479. The first-order valence-corrected chi connectivity index (χ1v) is 11.3. The van der Waals surface area contributed by atoms with Crippen molar-refractivity contribution in [3.05, 3.63) is 128 Å². The standard InChI is InChI=1S/C28H24N2O5/c31-29(32)19-17-21-1-5-23(6-2-21)25-9-13-27(14-10-25)35-28-15-11-26(12-16-28)24-7-3-22(4-8-24)18-20-30(33)34/h1-16H,17-20H2. The summed E-state index contributed by atoms with van der Waals surface area (Å²) in [6.07, 6.45) is 0.849. The number of hydrogen-bond acceptors (Lipinski definition) is 5. The van der Waals surface area contributed by atoms with Crippen LogP contribution in [0, 0.1) is 20.2 Å². The van der Waals surface area contributed by atoms with Crippen LogP contribution in [0.15, 0.2) is 97.1 Å². The van der Waals surface area contributed by atoms with Gasteiger partial charge in [0.15, 0.2) is 0 Å². The van der Waals surface area contributed by atoms with Crippen molar-refractivity contribution in [3.8, 4) is 33.8 Å². The summed E-state index contributed by atoms with van der Waals surface area (Å²) in [5, 5.41) is 21.1. The fraction of sp³-hybridized carbons (Fsp3) is 0.143. The number of rotatable bonds is 10. The molecule has 4 aromatic rings. The van der Waals surface area contributed by atoms with E-state index < -0.39 is 0 Å². The predicted octanol–water partition coefficient (Wildman–Crippen LogP) is 6.45. The minimum atomic E-state index is -0.304. The van der Waals surface area contributed by atoms with Crippen LogP contribution in [0.1, 0.15) is 11.1 Å². The molecule has 0 heterocycles. The van der Waals surface area contributed by atoms with Crippen LogP contribution in [0.2, 0.25) is 0 Å². The van der Waals surface area contributed by atoms with Gasteiger partial charge in [-0.05, 0) is 57.6 Å². The van der Waals surface area contributed by atoms with E-state index in [2.05, 4.69) is 0 Å². The third-order valence-corrected chi connectivity index (χ3v) is 5.68. The first-order valence-electron chi connectivity index (χ1n) is 11.3. The molecule has 0 radical (unpaired) electrons. The van der Waals surface area contributed by atoms with Crippen molar-refractivity contribution >= 4 is 0 Å². The van der Waals surface area contributed by atoms with E-state index in [0.717, 1.165) is 44.9 Å². The summed E-state index contributed by atoms with van der Waals surface area (Å²) in [5.41, 5.74) is 6.04. The van der Waals surface area contributed by atoms with Crippen molar-refractivity contribution in [1.82, 2.24) is 0 Å². The largest absolute Gasteiger partial charge is 0.457 e. The van der Waals surface area contributed by atoms with Gasteiger partial charge in [-0.25, -0.2) is 0 Å². The van der Waals surface area contributed by atoms with Crippen molar-refractivity contribution in [2.45, 2.75) is 12.8 Å². The maximum atomic E-state index is 10.5. The van der Waals surface area contributed by atoms with Gasteiger partial charge in [0.2, 0.25) is 13.1 Å². The molecule has 0 atom stereocenters. The predicted molar refractivity (Wildman–Crippen MR) is 135 cm³/mol. The van der Waals surface area contributed by atoms with Crippen molar-refractivity contribution in [1.29, 1.82) is 0 Å². The van der Waals surface area contributed by atoms with Gasteiger partial charge in [-0.3, -0.25) is 20.2 Å². The Morgan fingerprint density at radius 2 is 0.771 bits per heavy atom. The molecule has 0 aliphatic carbocycles. The number of nitrogens with zero attached hydrogens (tertiary/aromatic N) is 2. The van der Waals surface area contributed by atoms with E-state index in [4.69, 9.17) is 4.74 Å². The molecule has 0 aliphatic heterocycles. The second kappa shape index (κ2) is 11.1. The van der Waals surface area contributed by atoms with Crippen molar-refractivity contribution in [2.24, 2.45) is 0 Å². The quantitative estimate of drug-likeness (QED) is 0.197. The normalized spacial score (nSPS) is 10.6. The van der Waals surface area contributed by atoms with E-state index in [1.165, 1.54) is 0 Å². The zero-order valence-corrected chi connectivity index (χ0v) is 19.0. The molecular formula is C28H24N2O5. The molecule has 0 saturated heterocycles. The highest BCUT2D eigenvalue weighted by Crippen LogP contribution is 2.28. The Morgan fingerprint density at radius 1 is 0.486 bits per heavy atom. The summed E-state index contributed by atoms with van der Waals surface area (Å²) in [6, 6.07) is 31.1. The third kappa shape index (κ3) is 6.74. The number of ether oxygens (including phenoxy) is 1. The van der Waals surface area contributed by atoms with Gasteiger partial charge in [-0.2, -0.15) is 0 Å². The summed E-state index contributed by atoms with van der Waals surface area (Å²) >= 11 is 0. The van der Waals surface area contributed by atoms with Gasteiger partial charge in [0.05, 0.1) is 0 Å². The molecule has 176 valence electrons. The summed E-state index contributed by atoms with van der Waals surface area (Å²) < 4.78 is 5.98. The van der Waals surface area contributed by atoms with E-state index in [-0.39, 0.29) is 22.9 Å². The second-order valence-corrected chi connectivity index (χ2v) is 8.16. The lowest BCUT2D eigenvalue weighted by atomic mass is 10.0. The Labute approximate surface area is 202 Å². The molecule has 35 heavy (non-hydrogen) atoms. The number of hydrogen-bond donors (Lipinski definition) is 0. The van der Waals surface area contributed by atoms with Crippen LogP contribution < -0.4 is 4.74 Å². The lowest BCUT2D eigenvalue weighted by Crippen LogP contribution is -2.03. The fourth-order valence-corrected chi connectivity index (χ4v) is 3.74. The zero-order valence-electron chi connectivity index (χ0n) is 19.0. The average molecular weight is 469 g/mol. The van der Waals surface area contributed by atoms with E-state index >= 15 is 0 Å². The van der Waals surface area contributed by atoms with Crippen LogP contribution in [0.25, 0.3) is 22.3 Å². The molecular weight excluding hydrogens is 444 g/mol. The molecule has 7 heteroatoms. The summed E-state index contributed by atoms with van der Waals surface area (Å²) in [4.78, 5) is 20.5. The molecule has 0 N–H and O–H groups in total. The summed E-state index contributed by atoms with van der Waals surface area (Å²) in [7, 11) is 0. The highest BCUT2D eigenvalue weighted by molar-refractivity contribution is 5.66. The molecule has 0 bridgehead atoms. The van der Waals surface area contributed by atoms with Crippen LogP contribution >= 0.6 is 0 Å². The van der Waals surface area contributed by atoms with Gasteiger partial charge in [-0.15, -0.1) is 0 Å². The smallest absolute Gasteiger partial charge is 0.207 e. The SMILES string of the molecule is O=[N+]([O-])CCc1ccc(-c2ccc(Oc3ccc(-c4ccc(CC[N+](=O)[O-])cc4)cc3)cc2)cc1. The average Bonchev–Trinajstić information content (AvgIpc) is 2.88. The van der Waals surface area contributed by atoms with E-state index in [1.54, 1.807) is 0 Å². The van der Waals surface area contributed by atoms with Gasteiger partial charge in [0, 0.05) is 22.7 Å². The molecule has 7 nitrogen and oxygen atoms in total. The monoisotopic (exact) mass is 468 g/mol. The molecule has 4 aromatic carbocycles. The van der Waals surface area contributed by atoms with E-state index in [0.29, 0.717) is 12.8 Å². The van der Waals surface area contributed by atoms with E-state index in [1.807, 2.05) is 97.1 Å². The fourth-order valence-electron chi connectivity index (χ4n) is 3.74. The molecule has 0 aromatic heterocycles. The maximum absolute atomic E-state index is 10.5. The molecule has 0 unspecified atom stereocenters. The minimum Gasteiger partial charge on any atom is -0.457 e. The second-order valence-electron chi connectivity index (χ2n) is 8.16. The Kier molecular flexibility index (Phi) is 7.47. The Morgan fingerprint density at radius 3 is 1.06 bits per heavy atom. The molecule has 0 fully saturated rings. The van der Waals surface area contributed by atoms with Crippen molar-refractivity contribution < 1.29 is 14.6 Å². The van der Waals surface area contributed by atoms with Crippen LogP contribution in [-0.2, 0) is 12.8 Å². The summed E-state index contributed by atoms with van der Waals surface area (Å²) in [6.45, 7) is -0.130. The van der Waals surface area contributed by atoms with Gasteiger partial charge < -0.3 is 4.74 Å². The first kappa shape index (κ1) is 23.6. The van der Waals surface area contributed by atoms with Crippen molar-refractivity contribution in [3.63, 3.8) is 0 Å². The topological polar surface area (TPSA) is 95.5 Å². The highest BCUT2D eigenvalue weighted by atomic mass is 16.6. The highest BCUT2D eigenvalue weighted by Gasteiger charge is 2.05. The first-order chi connectivity index (χ1) is 17.0. The van der Waals surface area contributed by atoms with Crippen LogP contribution in [0.3, 0.4) is 0 Å². The van der Waals surface area contributed by atoms with Crippen LogP contribution in [0.5, 0.6) is 11.5 Å². The molecule has 0 saturated carbocycles. The Bertz CT molecular complexity index is 1180. The molecule has 0 amide bonds. The van der Waals surface area contributed by atoms with Gasteiger partial charge in [0.25, 0.3) is 0 Å². The van der Waals surface area contributed by atoms with Gasteiger partial charge in [0.1, 0.15) is 11.5 Å². The van der Waals surface area contributed by atoms with Crippen LogP contribution in [0.4, 0.5) is 0 Å². The van der Waals surface area contributed by atoms with Crippen molar-refractivity contribution in [2.75, 3.05) is 13.1 Å². The molecule has 0 spiro atoms. The maximum Gasteiger partial charge on any atom is 0.207 e. The minimum absolute atomic E-state index is 0.0648. The summed E-state index contributed by atoms with van der Waals surface area (Å²) in [5.74, 6) is 1.44. The molecule has 4 rings (SSSR count). The van der Waals surface area contributed by atoms with Gasteiger partial charge >= 0.3 is 0 Å². The van der Waals surface area contributed by atoms with E-state index in [9.17, 15) is 20.2 Å². The third-order valence-electron chi connectivity index (χ3n) is 5.68. The zero-order chi connectivity index (χ0) is 24.6. The number of benzene rings is 4.